The molecule has 5 nitrogen and oxygen atoms in total. The van der Waals surface area contributed by atoms with Crippen LogP contribution in [0.1, 0.15) is 40.6 Å². The summed E-state index contributed by atoms with van der Waals surface area (Å²) in [6, 6.07) is 6.73. The standard InChI is InChI=1S/C18H16Cl2N2O3/c1-4-14(20)11(3)17-21-16(18(24)25-5-2)15(10-23)22(17)13-8-6-12(19)7-9-13/h4,6-10H,3,5H2,1-2H3/b14-4+. The van der Waals surface area contributed by atoms with Crippen LogP contribution < -0.4 is 0 Å². The molecule has 0 atom stereocenters. The van der Waals surface area contributed by atoms with Gasteiger partial charge in [0.15, 0.2) is 12.0 Å². The Morgan fingerprint density at radius 2 is 2.00 bits per heavy atom. The molecule has 25 heavy (non-hydrogen) atoms. The Morgan fingerprint density at radius 3 is 2.52 bits per heavy atom. The van der Waals surface area contributed by atoms with Gasteiger partial charge in [0.2, 0.25) is 0 Å². The Morgan fingerprint density at radius 1 is 1.36 bits per heavy atom. The van der Waals surface area contributed by atoms with Gasteiger partial charge in [-0.1, -0.05) is 35.9 Å². The van der Waals surface area contributed by atoms with E-state index in [0.29, 0.717) is 27.6 Å². The molecule has 0 saturated heterocycles. The van der Waals surface area contributed by atoms with Crippen LogP contribution in [0.15, 0.2) is 42.0 Å². The maximum atomic E-state index is 12.2. The highest BCUT2D eigenvalue weighted by Gasteiger charge is 2.26. The molecule has 1 aromatic heterocycles. The van der Waals surface area contributed by atoms with Crippen LogP contribution in [0.2, 0.25) is 5.02 Å². The second kappa shape index (κ2) is 8.14. The first-order valence-electron chi connectivity index (χ1n) is 7.47. The van der Waals surface area contributed by atoms with Gasteiger partial charge >= 0.3 is 5.97 Å². The van der Waals surface area contributed by atoms with Gasteiger partial charge in [-0.25, -0.2) is 9.78 Å². The van der Waals surface area contributed by atoms with Crippen molar-refractivity contribution in [2.45, 2.75) is 13.8 Å². The molecular formula is C18H16Cl2N2O3. The fourth-order valence-corrected chi connectivity index (χ4v) is 2.44. The molecule has 2 rings (SSSR count). The smallest absolute Gasteiger partial charge is 0.359 e. The molecule has 0 aliphatic carbocycles. The normalized spacial score (nSPS) is 11.3. The lowest BCUT2D eigenvalue weighted by molar-refractivity contribution is 0.0517. The zero-order chi connectivity index (χ0) is 18.6. The molecule has 0 aliphatic rings. The SMILES string of the molecule is C=C(/C(Cl)=C\C)c1nc(C(=O)OCC)c(C=O)n1-c1ccc(Cl)cc1. The highest BCUT2D eigenvalue weighted by Crippen LogP contribution is 2.29. The average Bonchev–Trinajstić information content (AvgIpc) is 3.00. The number of aromatic nitrogens is 2. The summed E-state index contributed by atoms with van der Waals surface area (Å²) in [7, 11) is 0. The van der Waals surface area contributed by atoms with E-state index in [0.717, 1.165) is 0 Å². The van der Waals surface area contributed by atoms with Crippen molar-refractivity contribution >= 4 is 41.0 Å². The summed E-state index contributed by atoms with van der Waals surface area (Å²) in [5, 5.41) is 0.891. The van der Waals surface area contributed by atoms with E-state index >= 15 is 0 Å². The number of esters is 1. The number of imidazole rings is 1. The number of ether oxygens (including phenoxy) is 1. The molecule has 1 heterocycles. The lowest BCUT2D eigenvalue weighted by Crippen LogP contribution is -2.09. The van der Waals surface area contributed by atoms with Crippen molar-refractivity contribution in [1.82, 2.24) is 9.55 Å². The number of halogens is 2. The third kappa shape index (κ3) is 3.83. The largest absolute Gasteiger partial charge is 0.461 e. The Labute approximate surface area is 155 Å². The first-order valence-corrected chi connectivity index (χ1v) is 8.22. The number of allylic oxidation sites excluding steroid dienone is 3. The molecule has 0 N–H and O–H groups in total. The van der Waals surface area contributed by atoms with Crippen molar-refractivity contribution in [2.75, 3.05) is 6.61 Å². The molecule has 0 spiro atoms. The predicted molar refractivity (Wildman–Crippen MR) is 98.6 cm³/mol. The minimum Gasteiger partial charge on any atom is -0.461 e. The van der Waals surface area contributed by atoms with Crippen LogP contribution in [0.5, 0.6) is 0 Å². The number of hydrogen-bond donors (Lipinski definition) is 0. The highest BCUT2D eigenvalue weighted by molar-refractivity contribution is 6.36. The molecule has 130 valence electrons. The van der Waals surface area contributed by atoms with Crippen molar-refractivity contribution in [3.05, 3.63) is 64.2 Å². The van der Waals surface area contributed by atoms with Crippen LogP contribution in [0.3, 0.4) is 0 Å². The number of benzene rings is 1. The van der Waals surface area contributed by atoms with Crippen molar-refractivity contribution < 1.29 is 14.3 Å². The van der Waals surface area contributed by atoms with Gasteiger partial charge in [0.1, 0.15) is 11.5 Å². The summed E-state index contributed by atoms with van der Waals surface area (Å²) in [5.41, 5.74) is 0.921. The lowest BCUT2D eigenvalue weighted by Gasteiger charge is -2.11. The molecule has 0 bridgehead atoms. The molecular weight excluding hydrogens is 363 g/mol. The first kappa shape index (κ1) is 19.0. The molecule has 0 radical (unpaired) electrons. The van der Waals surface area contributed by atoms with Gasteiger partial charge in [-0.15, -0.1) is 0 Å². The second-order valence-corrected chi connectivity index (χ2v) is 5.78. The summed E-state index contributed by atoms with van der Waals surface area (Å²) < 4.78 is 6.49. The molecule has 0 fully saturated rings. The van der Waals surface area contributed by atoms with E-state index in [4.69, 9.17) is 27.9 Å². The monoisotopic (exact) mass is 378 g/mol. The second-order valence-electron chi connectivity index (χ2n) is 4.93. The van der Waals surface area contributed by atoms with Gasteiger partial charge in [0, 0.05) is 21.3 Å². The third-order valence-corrected chi connectivity index (χ3v) is 4.09. The molecule has 2 aromatic rings. The van der Waals surface area contributed by atoms with Crippen LogP contribution in [0, 0.1) is 0 Å². The van der Waals surface area contributed by atoms with E-state index in [1.54, 1.807) is 44.2 Å². The molecule has 7 heteroatoms. The molecule has 0 aliphatic heterocycles. The Kier molecular flexibility index (Phi) is 6.17. The maximum Gasteiger partial charge on any atom is 0.359 e. The van der Waals surface area contributed by atoms with E-state index in [9.17, 15) is 9.59 Å². The van der Waals surface area contributed by atoms with Gasteiger partial charge in [0.25, 0.3) is 0 Å². The van der Waals surface area contributed by atoms with Gasteiger partial charge < -0.3 is 4.74 Å². The van der Waals surface area contributed by atoms with Crippen LogP contribution in [-0.4, -0.2) is 28.4 Å². The van der Waals surface area contributed by atoms with Crippen molar-refractivity contribution in [3.8, 4) is 5.69 Å². The number of carbonyl (C=O) groups excluding carboxylic acids is 2. The van der Waals surface area contributed by atoms with Crippen LogP contribution in [-0.2, 0) is 4.74 Å². The van der Waals surface area contributed by atoms with Gasteiger partial charge in [-0.3, -0.25) is 9.36 Å². The zero-order valence-corrected chi connectivity index (χ0v) is 15.3. The van der Waals surface area contributed by atoms with Crippen molar-refractivity contribution in [2.24, 2.45) is 0 Å². The summed E-state index contributed by atoms with van der Waals surface area (Å²) in [6.07, 6.45) is 2.20. The molecule has 1 aromatic carbocycles. The first-order chi connectivity index (χ1) is 11.9. The van der Waals surface area contributed by atoms with E-state index < -0.39 is 5.97 Å². The highest BCUT2D eigenvalue weighted by atomic mass is 35.5. The van der Waals surface area contributed by atoms with Crippen LogP contribution in [0.25, 0.3) is 11.3 Å². The number of carbonyl (C=O) groups is 2. The fraction of sp³-hybridized carbons (Fsp3) is 0.167. The molecule has 0 unspecified atom stereocenters. The number of aldehydes is 1. The van der Waals surface area contributed by atoms with E-state index in [1.807, 2.05) is 0 Å². The van der Waals surface area contributed by atoms with Crippen LogP contribution in [0.4, 0.5) is 0 Å². The van der Waals surface area contributed by atoms with Gasteiger partial charge in [-0.05, 0) is 38.1 Å². The number of nitrogens with zero attached hydrogens (tertiary/aromatic N) is 2. The van der Waals surface area contributed by atoms with E-state index in [2.05, 4.69) is 11.6 Å². The average molecular weight is 379 g/mol. The maximum absolute atomic E-state index is 12.2. The minimum absolute atomic E-state index is 0.0532. The fourth-order valence-electron chi connectivity index (χ4n) is 2.23. The number of hydrogen-bond acceptors (Lipinski definition) is 4. The summed E-state index contributed by atoms with van der Waals surface area (Å²) in [4.78, 5) is 28.1. The summed E-state index contributed by atoms with van der Waals surface area (Å²) in [6.45, 7) is 7.50. The van der Waals surface area contributed by atoms with E-state index in [1.165, 1.54) is 4.57 Å². The molecule has 0 amide bonds. The minimum atomic E-state index is -0.692. The quantitative estimate of drug-likeness (QED) is 0.416. The van der Waals surface area contributed by atoms with Crippen LogP contribution >= 0.6 is 23.2 Å². The van der Waals surface area contributed by atoms with Gasteiger partial charge in [0.05, 0.1) is 6.61 Å². The Hall–Kier alpha value is -2.37. The number of rotatable bonds is 6. The van der Waals surface area contributed by atoms with Crippen molar-refractivity contribution in [3.63, 3.8) is 0 Å². The predicted octanol–water partition coefficient (Wildman–Crippen LogP) is 4.67. The summed E-state index contributed by atoms with van der Waals surface area (Å²) in [5.74, 6) is -0.418. The van der Waals surface area contributed by atoms with Crippen molar-refractivity contribution in [1.29, 1.82) is 0 Å². The Balaban J connectivity index is 2.76. The Bertz CT molecular complexity index is 852. The molecule has 0 saturated carbocycles. The van der Waals surface area contributed by atoms with Gasteiger partial charge in [-0.2, -0.15) is 0 Å². The third-order valence-electron chi connectivity index (χ3n) is 3.39. The zero-order valence-electron chi connectivity index (χ0n) is 13.8. The topological polar surface area (TPSA) is 61.2 Å². The lowest BCUT2D eigenvalue weighted by atomic mass is 10.2. The van der Waals surface area contributed by atoms with E-state index in [-0.39, 0.29) is 23.8 Å². The summed E-state index contributed by atoms with van der Waals surface area (Å²) >= 11 is 12.1.